The number of piperidine rings is 1. The predicted octanol–water partition coefficient (Wildman–Crippen LogP) is 7.01. The third kappa shape index (κ3) is 5.62. The third-order valence-electron chi connectivity index (χ3n) is 6.56. The molecule has 0 atom stereocenters. The van der Waals surface area contributed by atoms with E-state index in [1.165, 1.54) is 0 Å². The Bertz CT molecular complexity index is 1370. The smallest absolute Gasteiger partial charge is 0.298 e. The molecule has 1 aliphatic rings. The van der Waals surface area contributed by atoms with Gasteiger partial charge in [0.05, 0.1) is 0 Å². The summed E-state index contributed by atoms with van der Waals surface area (Å²) < 4.78 is 6.00. The number of aromatic nitrogens is 1. The number of hydrogen-bond acceptors (Lipinski definition) is 5. The Morgan fingerprint density at radius 2 is 1.78 bits per heavy atom. The van der Waals surface area contributed by atoms with Gasteiger partial charge in [0.15, 0.2) is 5.58 Å². The van der Waals surface area contributed by atoms with Crippen molar-refractivity contribution in [2.24, 2.45) is 0 Å². The summed E-state index contributed by atoms with van der Waals surface area (Å²) in [6.07, 6.45) is 2.16. The van der Waals surface area contributed by atoms with E-state index in [0.717, 1.165) is 37.1 Å². The lowest BCUT2D eigenvalue weighted by molar-refractivity contribution is 0.102. The molecule has 3 aromatic carbocycles. The molecule has 1 amide bonds. The summed E-state index contributed by atoms with van der Waals surface area (Å²) in [7, 11) is 4.18. The van der Waals surface area contributed by atoms with E-state index in [9.17, 15) is 4.79 Å². The summed E-state index contributed by atoms with van der Waals surface area (Å²) in [5, 5.41) is 4.10. The van der Waals surface area contributed by atoms with Crippen LogP contribution in [0.2, 0.25) is 10.0 Å². The quantitative estimate of drug-likeness (QED) is 0.292. The van der Waals surface area contributed by atoms with Gasteiger partial charge in [0.1, 0.15) is 5.52 Å². The Hall–Kier alpha value is -2.77. The lowest BCUT2D eigenvalue weighted by Gasteiger charge is -2.34. The van der Waals surface area contributed by atoms with Crippen molar-refractivity contribution in [2.45, 2.75) is 18.9 Å². The molecule has 0 unspecified atom stereocenters. The summed E-state index contributed by atoms with van der Waals surface area (Å²) in [5.41, 5.74) is 4.39. The number of carbonyl (C=O) groups excluding carboxylic acids is 1. The number of oxazole rings is 1. The number of rotatable bonds is 5. The van der Waals surface area contributed by atoms with Gasteiger partial charge in [-0.15, -0.1) is 12.4 Å². The molecule has 1 saturated heterocycles. The van der Waals surface area contributed by atoms with Crippen LogP contribution >= 0.6 is 35.6 Å². The first kappa shape index (κ1) is 26.3. The minimum absolute atomic E-state index is 0. The highest BCUT2D eigenvalue weighted by Crippen LogP contribution is 2.31. The van der Waals surface area contributed by atoms with Crippen molar-refractivity contribution in [3.8, 4) is 11.1 Å². The standard InChI is InChI=1S/C27H26Cl2N4O2.ClH/c1-32-13-11-21(12-14-32)33(2)27-31-24-16-20(8-10-25(24)35-27)30-26(34)18-5-3-17(4-6-18)22-9-7-19(28)15-23(22)29;/h3-10,15-16,21H,11-14H2,1-2H3,(H,30,34);1H. The number of likely N-dealkylation sites (tertiary alicyclic amines) is 1. The molecule has 1 aliphatic heterocycles. The Morgan fingerprint density at radius 1 is 1.06 bits per heavy atom. The molecular weight excluding hydrogens is 519 g/mol. The van der Waals surface area contributed by atoms with Crippen molar-refractivity contribution in [1.29, 1.82) is 0 Å². The monoisotopic (exact) mass is 544 g/mol. The van der Waals surface area contributed by atoms with Gasteiger partial charge in [-0.1, -0.05) is 41.4 Å². The van der Waals surface area contributed by atoms with Gasteiger partial charge < -0.3 is 19.5 Å². The molecule has 36 heavy (non-hydrogen) atoms. The zero-order valence-electron chi connectivity index (χ0n) is 20.0. The van der Waals surface area contributed by atoms with Crippen LogP contribution in [0, 0.1) is 0 Å². The number of halogens is 3. The number of carbonyl (C=O) groups is 1. The fourth-order valence-corrected chi connectivity index (χ4v) is 4.93. The molecule has 1 aromatic heterocycles. The molecular formula is C27H27Cl3N4O2. The molecule has 1 fully saturated rings. The second-order valence-corrected chi connectivity index (χ2v) is 9.82. The normalized spacial score (nSPS) is 14.4. The molecule has 0 saturated carbocycles. The van der Waals surface area contributed by atoms with E-state index in [1.807, 2.05) is 43.4 Å². The molecule has 4 aromatic rings. The van der Waals surface area contributed by atoms with Crippen molar-refractivity contribution in [3.05, 3.63) is 76.3 Å². The fraction of sp³-hybridized carbons (Fsp3) is 0.259. The lowest BCUT2D eigenvalue weighted by atomic mass is 10.0. The SMILES string of the molecule is CN1CCC(N(C)c2nc3cc(NC(=O)c4ccc(-c5ccc(Cl)cc5Cl)cc4)ccc3o2)CC1.Cl. The average molecular weight is 546 g/mol. The number of amides is 1. The highest BCUT2D eigenvalue weighted by molar-refractivity contribution is 6.36. The molecule has 0 aliphatic carbocycles. The summed E-state index contributed by atoms with van der Waals surface area (Å²) >= 11 is 12.3. The van der Waals surface area contributed by atoms with Crippen LogP contribution in [0.1, 0.15) is 23.2 Å². The topological polar surface area (TPSA) is 61.6 Å². The fourth-order valence-electron chi connectivity index (χ4n) is 4.41. The van der Waals surface area contributed by atoms with Gasteiger partial charge in [0.2, 0.25) is 0 Å². The first-order valence-electron chi connectivity index (χ1n) is 11.6. The van der Waals surface area contributed by atoms with Gasteiger partial charge >= 0.3 is 0 Å². The van der Waals surface area contributed by atoms with Crippen LogP contribution in [0.5, 0.6) is 0 Å². The van der Waals surface area contributed by atoms with Crippen molar-refractivity contribution < 1.29 is 9.21 Å². The molecule has 6 nitrogen and oxygen atoms in total. The van der Waals surface area contributed by atoms with Crippen molar-refractivity contribution >= 4 is 64.3 Å². The van der Waals surface area contributed by atoms with Gasteiger partial charge in [0, 0.05) is 39.9 Å². The largest absolute Gasteiger partial charge is 0.423 e. The molecule has 0 bridgehead atoms. The summed E-state index contributed by atoms with van der Waals surface area (Å²) in [5.74, 6) is -0.203. The maximum absolute atomic E-state index is 12.8. The molecule has 1 N–H and O–H groups in total. The van der Waals surface area contributed by atoms with Crippen LogP contribution in [0.4, 0.5) is 11.7 Å². The Morgan fingerprint density at radius 3 is 2.47 bits per heavy atom. The van der Waals surface area contributed by atoms with E-state index in [-0.39, 0.29) is 18.3 Å². The van der Waals surface area contributed by atoms with Crippen LogP contribution in [0.15, 0.2) is 65.1 Å². The van der Waals surface area contributed by atoms with Gasteiger partial charge in [-0.2, -0.15) is 4.98 Å². The maximum atomic E-state index is 12.8. The van der Waals surface area contributed by atoms with Gasteiger partial charge in [-0.05, 0) is 81.0 Å². The van der Waals surface area contributed by atoms with Gasteiger partial charge in [0.25, 0.3) is 11.9 Å². The first-order chi connectivity index (χ1) is 16.9. The van der Waals surface area contributed by atoms with E-state index >= 15 is 0 Å². The van der Waals surface area contributed by atoms with E-state index < -0.39 is 0 Å². The van der Waals surface area contributed by atoms with Crippen LogP contribution in [0.25, 0.3) is 22.2 Å². The van der Waals surface area contributed by atoms with Crippen molar-refractivity contribution in [3.63, 3.8) is 0 Å². The molecule has 2 heterocycles. The molecule has 0 spiro atoms. The second kappa shape index (κ2) is 11.1. The molecule has 0 radical (unpaired) electrons. The lowest BCUT2D eigenvalue weighted by Crippen LogP contribution is -2.42. The third-order valence-corrected chi connectivity index (χ3v) is 7.11. The van der Waals surface area contributed by atoms with Crippen LogP contribution in [0.3, 0.4) is 0 Å². The number of hydrogen-bond donors (Lipinski definition) is 1. The number of nitrogens with one attached hydrogen (secondary N) is 1. The molecule has 9 heteroatoms. The highest BCUT2D eigenvalue weighted by atomic mass is 35.5. The van der Waals surface area contributed by atoms with E-state index in [1.54, 1.807) is 24.3 Å². The van der Waals surface area contributed by atoms with Crippen molar-refractivity contribution in [1.82, 2.24) is 9.88 Å². The average Bonchev–Trinajstić information content (AvgIpc) is 3.28. The first-order valence-corrected chi connectivity index (χ1v) is 12.3. The summed E-state index contributed by atoms with van der Waals surface area (Å²) in [6.45, 7) is 2.14. The number of anilines is 2. The van der Waals surface area contributed by atoms with Crippen LogP contribution < -0.4 is 10.2 Å². The summed E-state index contributed by atoms with van der Waals surface area (Å²) in [4.78, 5) is 22.0. The highest BCUT2D eigenvalue weighted by Gasteiger charge is 2.24. The van der Waals surface area contributed by atoms with E-state index in [0.29, 0.717) is 44.5 Å². The number of nitrogens with zero attached hydrogens (tertiary/aromatic N) is 3. The van der Waals surface area contributed by atoms with Crippen molar-refractivity contribution in [2.75, 3.05) is 37.4 Å². The Labute approximate surface area is 226 Å². The zero-order chi connectivity index (χ0) is 24.5. The number of benzene rings is 3. The van der Waals surface area contributed by atoms with Gasteiger partial charge in [-0.3, -0.25) is 4.79 Å². The summed E-state index contributed by atoms with van der Waals surface area (Å²) in [6, 6.07) is 19.2. The Kier molecular flexibility index (Phi) is 8.10. The zero-order valence-corrected chi connectivity index (χ0v) is 22.3. The number of fused-ring (bicyclic) bond motifs is 1. The van der Waals surface area contributed by atoms with E-state index in [2.05, 4.69) is 27.1 Å². The predicted molar refractivity (Wildman–Crippen MR) is 150 cm³/mol. The molecule has 5 rings (SSSR count). The Balaban J connectivity index is 0.00000304. The minimum atomic E-state index is -0.203. The van der Waals surface area contributed by atoms with Crippen LogP contribution in [-0.2, 0) is 0 Å². The van der Waals surface area contributed by atoms with E-state index in [4.69, 9.17) is 27.6 Å². The molecule has 188 valence electrons. The maximum Gasteiger partial charge on any atom is 0.298 e. The minimum Gasteiger partial charge on any atom is -0.423 e. The second-order valence-electron chi connectivity index (χ2n) is 8.98. The van der Waals surface area contributed by atoms with Gasteiger partial charge in [-0.25, -0.2) is 0 Å². The van der Waals surface area contributed by atoms with Crippen LogP contribution in [-0.4, -0.2) is 49.0 Å².